The van der Waals surface area contributed by atoms with Gasteiger partial charge >= 0.3 is 0 Å². The Morgan fingerprint density at radius 2 is 1.52 bits per heavy atom. The van der Waals surface area contributed by atoms with E-state index in [1.807, 2.05) is 24.3 Å². The summed E-state index contributed by atoms with van der Waals surface area (Å²) >= 11 is 0. The third-order valence-electron chi connectivity index (χ3n) is 2.99. The average molecular weight is 333 g/mol. The van der Waals surface area contributed by atoms with Gasteiger partial charge in [0.2, 0.25) is 0 Å². The summed E-state index contributed by atoms with van der Waals surface area (Å²) in [5.74, 6) is 0.735. The number of hydrogen-bond acceptors (Lipinski definition) is 9. The molecule has 3 aromatic rings. The Labute approximate surface area is 144 Å². The number of aryl methyl sites for hydroxylation is 1. The minimum absolute atomic E-state index is 0.254. The Morgan fingerprint density at radius 3 is 2.12 bits per heavy atom. The highest BCUT2D eigenvalue weighted by atomic mass is 15.4. The van der Waals surface area contributed by atoms with Crippen molar-refractivity contribution in [3.8, 4) is 0 Å². The number of hydrazone groups is 2. The fraction of sp³-hybridized carbons (Fsp3) is 0.0625. The van der Waals surface area contributed by atoms with Crippen LogP contribution in [-0.4, -0.2) is 37.6 Å². The summed E-state index contributed by atoms with van der Waals surface area (Å²) < 4.78 is 0. The molecule has 0 aliphatic rings. The Bertz CT molecular complexity index is 863. The third kappa shape index (κ3) is 4.86. The van der Waals surface area contributed by atoms with E-state index in [9.17, 15) is 0 Å². The summed E-state index contributed by atoms with van der Waals surface area (Å²) in [5.41, 5.74) is 7.90. The number of aromatic nitrogens is 5. The predicted octanol–water partition coefficient (Wildman–Crippen LogP) is 1.86. The highest BCUT2D eigenvalue weighted by Gasteiger charge is 2.03. The van der Waals surface area contributed by atoms with Gasteiger partial charge in [0.05, 0.1) is 12.4 Å². The van der Waals surface area contributed by atoms with Gasteiger partial charge in [-0.05, 0) is 19.1 Å². The van der Waals surface area contributed by atoms with Crippen molar-refractivity contribution in [1.29, 1.82) is 0 Å². The molecule has 0 bridgehead atoms. The van der Waals surface area contributed by atoms with Crippen molar-refractivity contribution in [3.63, 3.8) is 0 Å². The zero-order chi connectivity index (χ0) is 17.3. The Balaban J connectivity index is 1.64. The topological polar surface area (TPSA) is 113 Å². The Morgan fingerprint density at radius 1 is 0.880 bits per heavy atom. The molecule has 3 rings (SSSR count). The summed E-state index contributed by atoms with van der Waals surface area (Å²) in [5, 5.41) is 16.1. The van der Waals surface area contributed by atoms with Crippen molar-refractivity contribution in [2.45, 2.75) is 6.92 Å². The van der Waals surface area contributed by atoms with E-state index in [1.54, 1.807) is 44.1 Å². The van der Waals surface area contributed by atoms with Gasteiger partial charge in [0, 0.05) is 35.9 Å². The van der Waals surface area contributed by atoms with Gasteiger partial charge in [-0.3, -0.25) is 15.4 Å². The van der Waals surface area contributed by atoms with Gasteiger partial charge in [-0.1, -0.05) is 12.1 Å². The second-order valence-electron chi connectivity index (χ2n) is 4.88. The molecule has 0 atom stereocenters. The van der Waals surface area contributed by atoms with Crippen LogP contribution in [0.2, 0.25) is 0 Å². The highest BCUT2D eigenvalue weighted by Crippen LogP contribution is 2.09. The maximum absolute atomic E-state index is 4.28. The molecule has 0 saturated carbocycles. The quantitative estimate of drug-likeness (QED) is 0.523. The molecule has 0 fully saturated rings. The molecule has 3 heterocycles. The van der Waals surface area contributed by atoms with Gasteiger partial charge < -0.3 is 0 Å². The van der Waals surface area contributed by atoms with Gasteiger partial charge in [0.1, 0.15) is 5.69 Å². The number of nitrogens with one attached hydrogen (secondary N) is 2. The van der Waals surface area contributed by atoms with Crippen LogP contribution in [-0.2, 0) is 0 Å². The number of nitrogens with zero attached hydrogens (tertiary/aromatic N) is 7. The number of hydrogen-bond donors (Lipinski definition) is 2. The first-order valence-electron chi connectivity index (χ1n) is 7.41. The lowest BCUT2D eigenvalue weighted by Gasteiger charge is -2.04. The maximum atomic E-state index is 4.28. The first-order chi connectivity index (χ1) is 12.3. The van der Waals surface area contributed by atoms with Crippen LogP contribution in [0.25, 0.3) is 0 Å². The maximum Gasteiger partial charge on any atom is 0.265 e. The fourth-order valence-electron chi connectivity index (χ4n) is 1.77. The molecule has 0 unspecified atom stereocenters. The first kappa shape index (κ1) is 16.1. The molecular formula is C16H15N9. The van der Waals surface area contributed by atoms with Crippen molar-refractivity contribution in [1.82, 2.24) is 25.1 Å². The smallest absolute Gasteiger partial charge is 0.264 e. The number of anilines is 2. The van der Waals surface area contributed by atoms with E-state index in [1.165, 1.54) is 0 Å². The van der Waals surface area contributed by atoms with E-state index < -0.39 is 0 Å². The average Bonchev–Trinajstić information content (AvgIpc) is 2.66. The van der Waals surface area contributed by atoms with Crippen molar-refractivity contribution >= 4 is 24.2 Å². The van der Waals surface area contributed by atoms with Crippen LogP contribution in [0.15, 0.2) is 59.3 Å². The minimum atomic E-state index is 0.254. The van der Waals surface area contributed by atoms with Crippen LogP contribution in [0.5, 0.6) is 0 Å². The summed E-state index contributed by atoms with van der Waals surface area (Å²) in [7, 11) is 0. The lowest BCUT2D eigenvalue weighted by atomic mass is 10.3. The van der Waals surface area contributed by atoms with Gasteiger partial charge in [0.25, 0.3) is 5.95 Å². The van der Waals surface area contributed by atoms with Crippen LogP contribution in [0.4, 0.5) is 11.8 Å². The standard InChI is InChI=1S/C16H15N9/c1-12-15(23-19-10-13-4-2-6-17-8-13)21-16(25-22-12)24-20-11-14-5-3-7-18-9-14/h2-11H,1H3,(H2,21,23,24,25)/b19-10+,20-11+. The molecule has 0 aliphatic heterocycles. The summed E-state index contributed by atoms with van der Waals surface area (Å²) in [4.78, 5) is 12.3. The molecule has 0 saturated heterocycles. The monoisotopic (exact) mass is 333 g/mol. The molecule has 3 aromatic heterocycles. The van der Waals surface area contributed by atoms with Crippen molar-refractivity contribution in [2.24, 2.45) is 10.2 Å². The summed E-state index contributed by atoms with van der Waals surface area (Å²) in [6, 6.07) is 7.44. The molecular weight excluding hydrogens is 318 g/mol. The van der Waals surface area contributed by atoms with Gasteiger partial charge in [0.15, 0.2) is 5.82 Å². The SMILES string of the molecule is Cc1nnc(N/N=C/c2cccnc2)nc1N/N=C/c1cccnc1. The van der Waals surface area contributed by atoms with E-state index in [0.29, 0.717) is 11.5 Å². The Kier molecular flexibility index (Phi) is 5.29. The van der Waals surface area contributed by atoms with Crippen LogP contribution in [0.1, 0.15) is 16.8 Å². The fourth-order valence-corrected chi connectivity index (χ4v) is 1.77. The van der Waals surface area contributed by atoms with Crippen molar-refractivity contribution < 1.29 is 0 Å². The molecule has 9 heteroatoms. The summed E-state index contributed by atoms with van der Waals surface area (Å²) in [6.07, 6.45) is 10.1. The number of pyridine rings is 2. The highest BCUT2D eigenvalue weighted by molar-refractivity contribution is 5.80. The van der Waals surface area contributed by atoms with Crippen LogP contribution in [0.3, 0.4) is 0 Å². The predicted molar refractivity (Wildman–Crippen MR) is 95.5 cm³/mol. The van der Waals surface area contributed by atoms with E-state index in [4.69, 9.17) is 0 Å². The summed E-state index contributed by atoms with van der Waals surface area (Å²) in [6.45, 7) is 1.78. The first-order valence-corrected chi connectivity index (χ1v) is 7.41. The molecule has 0 spiro atoms. The molecule has 0 aliphatic carbocycles. The third-order valence-corrected chi connectivity index (χ3v) is 2.99. The van der Waals surface area contributed by atoms with Crippen LogP contribution >= 0.6 is 0 Å². The lowest BCUT2D eigenvalue weighted by Crippen LogP contribution is -2.05. The van der Waals surface area contributed by atoms with Crippen molar-refractivity contribution in [3.05, 3.63) is 65.9 Å². The lowest BCUT2D eigenvalue weighted by molar-refractivity contribution is 0.922. The number of rotatable bonds is 6. The van der Waals surface area contributed by atoms with Gasteiger partial charge in [-0.25, -0.2) is 5.43 Å². The molecule has 0 amide bonds. The normalized spacial score (nSPS) is 11.1. The van der Waals surface area contributed by atoms with E-state index in [-0.39, 0.29) is 5.95 Å². The van der Waals surface area contributed by atoms with Crippen LogP contribution in [0, 0.1) is 6.92 Å². The second kappa shape index (κ2) is 8.20. The minimum Gasteiger partial charge on any atom is -0.264 e. The largest absolute Gasteiger partial charge is 0.265 e. The Hall–Kier alpha value is -3.75. The zero-order valence-corrected chi connectivity index (χ0v) is 13.4. The molecule has 0 radical (unpaired) electrons. The zero-order valence-electron chi connectivity index (χ0n) is 13.4. The second-order valence-corrected chi connectivity index (χ2v) is 4.88. The van der Waals surface area contributed by atoms with Gasteiger partial charge in [-0.15, -0.1) is 10.2 Å². The molecule has 9 nitrogen and oxygen atoms in total. The van der Waals surface area contributed by atoms with Gasteiger partial charge in [-0.2, -0.15) is 15.2 Å². The van der Waals surface area contributed by atoms with Crippen LogP contribution < -0.4 is 10.9 Å². The molecule has 0 aromatic carbocycles. The molecule has 2 N–H and O–H groups in total. The van der Waals surface area contributed by atoms with E-state index in [2.05, 4.69) is 46.2 Å². The van der Waals surface area contributed by atoms with E-state index >= 15 is 0 Å². The van der Waals surface area contributed by atoms with E-state index in [0.717, 1.165) is 11.1 Å². The van der Waals surface area contributed by atoms with Crippen molar-refractivity contribution in [2.75, 3.05) is 10.9 Å². The molecule has 25 heavy (non-hydrogen) atoms. The molecule has 124 valence electrons.